The summed E-state index contributed by atoms with van der Waals surface area (Å²) < 4.78 is 38.3. The van der Waals surface area contributed by atoms with E-state index in [0.717, 1.165) is 16.9 Å². The second-order valence-corrected chi connectivity index (χ2v) is 8.09. The molecule has 1 N–H and O–H groups in total. The highest BCUT2D eigenvalue weighted by Crippen LogP contribution is 2.24. The van der Waals surface area contributed by atoms with Gasteiger partial charge in [-0.15, -0.1) is 11.3 Å². The first-order chi connectivity index (χ1) is 11.0. The van der Waals surface area contributed by atoms with Crippen LogP contribution in [0.3, 0.4) is 0 Å². The Morgan fingerprint density at radius 2 is 2.00 bits per heavy atom. The third-order valence-corrected chi connectivity index (χ3v) is 6.60. The van der Waals surface area contributed by atoms with E-state index in [4.69, 9.17) is 9.47 Å². The number of methoxy groups -OCH3 is 2. The van der Waals surface area contributed by atoms with Crippen LogP contribution in [-0.2, 0) is 21.2 Å². The maximum atomic E-state index is 12.4. The summed E-state index contributed by atoms with van der Waals surface area (Å²) in [5, 5.41) is 0. The number of rotatable bonds is 8. The molecule has 0 bridgehead atoms. The van der Waals surface area contributed by atoms with E-state index >= 15 is 0 Å². The van der Waals surface area contributed by atoms with Crippen LogP contribution in [0.25, 0.3) is 0 Å². The van der Waals surface area contributed by atoms with E-state index < -0.39 is 10.0 Å². The highest BCUT2D eigenvalue weighted by atomic mass is 32.2. The number of sulfonamides is 1. The molecule has 1 unspecified atom stereocenters. The molecule has 126 valence electrons. The monoisotopic (exact) mass is 355 g/mol. The summed E-state index contributed by atoms with van der Waals surface area (Å²) in [6.45, 7) is 2.16. The average molecular weight is 355 g/mol. The van der Waals surface area contributed by atoms with Gasteiger partial charge in [-0.3, -0.25) is 0 Å². The highest BCUT2D eigenvalue weighted by molar-refractivity contribution is 7.91. The number of ether oxygens (including phenoxy) is 2. The fraction of sp³-hybridized carbons (Fsp3) is 0.375. The van der Waals surface area contributed by atoms with Gasteiger partial charge < -0.3 is 9.47 Å². The Morgan fingerprint density at radius 3 is 2.61 bits per heavy atom. The van der Waals surface area contributed by atoms with E-state index in [1.807, 2.05) is 37.3 Å². The first-order valence-corrected chi connectivity index (χ1v) is 9.55. The van der Waals surface area contributed by atoms with Crippen molar-refractivity contribution < 1.29 is 17.9 Å². The molecule has 1 aromatic carbocycles. The average Bonchev–Trinajstić information content (AvgIpc) is 3.05. The third-order valence-electron chi connectivity index (χ3n) is 3.46. The molecule has 0 radical (unpaired) electrons. The van der Waals surface area contributed by atoms with Crippen molar-refractivity contribution in [3.8, 4) is 5.75 Å². The number of benzene rings is 1. The van der Waals surface area contributed by atoms with Crippen LogP contribution in [0.4, 0.5) is 0 Å². The highest BCUT2D eigenvalue weighted by Gasteiger charge is 2.20. The van der Waals surface area contributed by atoms with E-state index in [1.54, 1.807) is 20.3 Å². The zero-order valence-corrected chi connectivity index (χ0v) is 15.0. The lowest BCUT2D eigenvalue weighted by Gasteiger charge is -2.17. The Hall–Kier alpha value is -1.41. The fourth-order valence-corrected chi connectivity index (χ4v) is 4.50. The largest absolute Gasteiger partial charge is 0.497 e. The zero-order valence-electron chi connectivity index (χ0n) is 13.4. The Kier molecular flexibility index (Phi) is 6.17. The SMILES string of the molecule is CCc1ccc(S(=O)(=O)NCC(OC)c2cccc(OC)c2)s1. The summed E-state index contributed by atoms with van der Waals surface area (Å²) in [4.78, 5) is 1.04. The third kappa shape index (κ3) is 4.54. The molecule has 0 aliphatic rings. The molecule has 2 rings (SSSR count). The van der Waals surface area contributed by atoms with E-state index in [1.165, 1.54) is 11.3 Å². The number of thiophene rings is 1. The molecular formula is C16H21NO4S2. The predicted molar refractivity (Wildman–Crippen MR) is 91.6 cm³/mol. The topological polar surface area (TPSA) is 64.6 Å². The molecule has 0 amide bonds. The fourth-order valence-electron chi connectivity index (χ4n) is 2.13. The standard InChI is InChI=1S/C16H21NO4S2/c1-4-14-8-9-16(22-14)23(18,19)17-11-15(21-3)12-6-5-7-13(10-12)20-2/h5-10,15,17H,4,11H2,1-3H3. The molecule has 2 aromatic rings. The number of hydrogen-bond donors (Lipinski definition) is 1. The molecule has 5 nitrogen and oxygen atoms in total. The summed E-state index contributed by atoms with van der Waals surface area (Å²) in [6, 6.07) is 10.9. The summed E-state index contributed by atoms with van der Waals surface area (Å²) in [6.07, 6.45) is 0.440. The predicted octanol–water partition coefficient (Wildman–Crippen LogP) is 2.99. The van der Waals surface area contributed by atoms with Gasteiger partial charge in [0.15, 0.2) is 0 Å². The molecule has 1 aromatic heterocycles. The Bertz CT molecular complexity index is 740. The van der Waals surface area contributed by atoms with Crippen molar-refractivity contribution in [2.24, 2.45) is 0 Å². The maximum Gasteiger partial charge on any atom is 0.250 e. The van der Waals surface area contributed by atoms with Crippen LogP contribution in [0.15, 0.2) is 40.6 Å². The second kappa shape index (κ2) is 7.92. The van der Waals surface area contributed by atoms with Crippen molar-refractivity contribution in [3.05, 3.63) is 46.8 Å². The van der Waals surface area contributed by atoms with Gasteiger partial charge in [0.25, 0.3) is 0 Å². The van der Waals surface area contributed by atoms with Crippen molar-refractivity contribution >= 4 is 21.4 Å². The second-order valence-electron chi connectivity index (χ2n) is 4.93. The molecule has 0 spiro atoms. The summed E-state index contributed by atoms with van der Waals surface area (Å²) in [5.41, 5.74) is 0.856. The molecule has 1 atom stereocenters. The Labute approximate surface area is 141 Å². The van der Waals surface area contributed by atoms with Crippen LogP contribution >= 0.6 is 11.3 Å². The first-order valence-electron chi connectivity index (χ1n) is 7.25. The van der Waals surface area contributed by atoms with Gasteiger partial charge in [-0.05, 0) is 36.2 Å². The van der Waals surface area contributed by atoms with E-state index in [9.17, 15) is 8.42 Å². The number of aryl methyl sites for hydroxylation is 1. The normalized spacial score (nSPS) is 13.0. The summed E-state index contributed by atoms with van der Waals surface area (Å²) >= 11 is 1.29. The van der Waals surface area contributed by atoms with Crippen LogP contribution in [0.5, 0.6) is 5.75 Å². The van der Waals surface area contributed by atoms with Gasteiger partial charge in [0.2, 0.25) is 10.0 Å². The van der Waals surface area contributed by atoms with Gasteiger partial charge in [-0.25, -0.2) is 13.1 Å². The van der Waals surface area contributed by atoms with Crippen molar-refractivity contribution in [2.75, 3.05) is 20.8 Å². The molecular weight excluding hydrogens is 334 g/mol. The molecule has 1 heterocycles. The minimum atomic E-state index is -3.52. The van der Waals surface area contributed by atoms with Crippen molar-refractivity contribution in [1.82, 2.24) is 4.72 Å². The van der Waals surface area contributed by atoms with Gasteiger partial charge >= 0.3 is 0 Å². The molecule has 0 aliphatic heterocycles. The lowest BCUT2D eigenvalue weighted by atomic mass is 10.1. The quantitative estimate of drug-likeness (QED) is 0.791. The summed E-state index contributed by atoms with van der Waals surface area (Å²) in [5.74, 6) is 0.707. The van der Waals surface area contributed by atoms with Crippen molar-refractivity contribution in [1.29, 1.82) is 0 Å². The van der Waals surface area contributed by atoms with Gasteiger partial charge in [-0.1, -0.05) is 19.1 Å². The first kappa shape index (κ1) is 17.9. The van der Waals surface area contributed by atoms with Crippen LogP contribution in [0, 0.1) is 0 Å². The van der Waals surface area contributed by atoms with Gasteiger partial charge in [-0.2, -0.15) is 0 Å². The Morgan fingerprint density at radius 1 is 1.22 bits per heavy atom. The molecule has 23 heavy (non-hydrogen) atoms. The smallest absolute Gasteiger partial charge is 0.250 e. The van der Waals surface area contributed by atoms with Crippen LogP contribution in [-0.4, -0.2) is 29.2 Å². The minimum absolute atomic E-state index is 0.158. The molecule has 0 saturated carbocycles. The lowest BCUT2D eigenvalue weighted by molar-refractivity contribution is 0.107. The number of nitrogens with one attached hydrogen (secondary N) is 1. The molecule has 7 heteroatoms. The van der Waals surface area contributed by atoms with E-state index in [0.29, 0.717) is 9.96 Å². The van der Waals surface area contributed by atoms with Crippen molar-refractivity contribution in [3.63, 3.8) is 0 Å². The van der Waals surface area contributed by atoms with Gasteiger partial charge in [0.1, 0.15) is 9.96 Å². The van der Waals surface area contributed by atoms with E-state index in [-0.39, 0.29) is 12.6 Å². The lowest BCUT2D eigenvalue weighted by Crippen LogP contribution is -2.28. The van der Waals surface area contributed by atoms with Crippen molar-refractivity contribution in [2.45, 2.75) is 23.7 Å². The minimum Gasteiger partial charge on any atom is -0.497 e. The van der Waals surface area contributed by atoms with Crippen LogP contribution < -0.4 is 9.46 Å². The van der Waals surface area contributed by atoms with Crippen LogP contribution in [0.1, 0.15) is 23.5 Å². The number of hydrogen-bond acceptors (Lipinski definition) is 5. The Balaban J connectivity index is 2.10. The zero-order chi connectivity index (χ0) is 16.9. The summed E-state index contributed by atoms with van der Waals surface area (Å²) in [7, 11) is -0.378. The molecule has 0 aliphatic carbocycles. The van der Waals surface area contributed by atoms with Crippen LogP contribution in [0.2, 0.25) is 0 Å². The van der Waals surface area contributed by atoms with E-state index in [2.05, 4.69) is 4.72 Å². The van der Waals surface area contributed by atoms with Gasteiger partial charge in [0, 0.05) is 18.5 Å². The van der Waals surface area contributed by atoms with Gasteiger partial charge in [0.05, 0.1) is 13.2 Å². The molecule has 0 saturated heterocycles. The molecule has 0 fully saturated rings. The maximum absolute atomic E-state index is 12.4.